The monoisotopic (exact) mass is 364 g/mol. The molecule has 8 heteroatoms. The van der Waals surface area contributed by atoms with Gasteiger partial charge in [-0.1, -0.05) is 0 Å². The maximum atomic E-state index is 11.8. The van der Waals surface area contributed by atoms with E-state index in [0.717, 1.165) is 43.9 Å². The number of rotatable bonds is 8. The first-order valence-electron chi connectivity index (χ1n) is 9.40. The third-order valence-corrected chi connectivity index (χ3v) is 4.30. The van der Waals surface area contributed by atoms with Gasteiger partial charge in [-0.2, -0.15) is 4.98 Å². The van der Waals surface area contributed by atoms with Crippen molar-refractivity contribution in [2.45, 2.75) is 39.2 Å². The summed E-state index contributed by atoms with van der Waals surface area (Å²) in [5.41, 5.74) is 0.932. The van der Waals surface area contributed by atoms with Crippen LogP contribution in [0, 0.1) is 6.92 Å². The van der Waals surface area contributed by atoms with E-state index < -0.39 is 0 Å². The smallest absolute Gasteiger partial charge is 0.409 e. The molecule has 1 fully saturated rings. The molecule has 1 aromatic heterocycles. The third-order valence-electron chi connectivity index (χ3n) is 4.30. The van der Waals surface area contributed by atoms with Crippen LogP contribution in [-0.2, 0) is 4.74 Å². The first-order valence-corrected chi connectivity index (χ1v) is 9.40. The summed E-state index contributed by atoms with van der Waals surface area (Å²) in [4.78, 5) is 24.8. The minimum Gasteiger partial charge on any atom is -0.450 e. The van der Waals surface area contributed by atoms with Crippen molar-refractivity contribution in [3.63, 3.8) is 0 Å². The van der Waals surface area contributed by atoms with Crippen LogP contribution in [0.5, 0.6) is 0 Å². The molecule has 8 nitrogen and oxygen atoms in total. The van der Waals surface area contributed by atoms with Gasteiger partial charge in [-0.05, 0) is 53.8 Å². The van der Waals surface area contributed by atoms with Gasteiger partial charge < -0.3 is 25.2 Å². The molecule has 0 unspecified atom stereocenters. The highest BCUT2D eigenvalue weighted by molar-refractivity contribution is 5.67. The predicted molar refractivity (Wildman–Crippen MR) is 104 cm³/mol. The minimum absolute atomic E-state index is 0.220. The number of likely N-dealkylation sites (tertiary alicyclic amines) is 1. The van der Waals surface area contributed by atoms with E-state index in [1.54, 1.807) is 4.90 Å². The van der Waals surface area contributed by atoms with Crippen molar-refractivity contribution in [3.8, 4) is 0 Å². The average molecular weight is 364 g/mol. The van der Waals surface area contributed by atoms with Crippen LogP contribution in [0.15, 0.2) is 6.07 Å². The maximum Gasteiger partial charge on any atom is 0.409 e. The molecule has 1 amide bonds. The van der Waals surface area contributed by atoms with Crippen molar-refractivity contribution in [2.75, 3.05) is 57.5 Å². The molecule has 0 bridgehead atoms. The van der Waals surface area contributed by atoms with E-state index in [0.29, 0.717) is 25.6 Å². The number of hydrogen-bond acceptors (Lipinski definition) is 7. The molecule has 2 N–H and O–H groups in total. The Balaban J connectivity index is 1.83. The number of carbonyl (C=O) groups is 1. The maximum absolute atomic E-state index is 11.8. The summed E-state index contributed by atoms with van der Waals surface area (Å²) < 4.78 is 5.06. The summed E-state index contributed by atoms with van der Waals surface area (Å²) in [6.45, 7) is 7.52. The molecule has 0 saturated carbocycles. The molecule has 0 aliphatic carbocycles. The molecule has 1 aromatic rings. The lowest BCUT2D eigenvalue weighted by molar-refractivity contribution is 0.0983. The highest BCUT2D eigenvalue weighted by atomic mass is 16.6. The van der Waals surface area contributed by atoms with Gasteiger partial charge in [-0.25, -0.2) is 9.78 Å². The van der Waals surface area contributed by atoms with Crippen LogP contribution in [0.4, 0.5) is 16.6 Å². The molecule has 0 spiro atoms. The fourth-order valence-corrected chi connectivity index (χ4v) is 2.94. The molecule has 0 radical (unpaired) electrons. The molecule has 2 rings (SSSR count). The van der Waals surface area contributed by atoms with Crippen LogP contribution >= 0.6 is 0 Å². The zero-order valence-electron chi connectivity index (χ0n) is 16.4. The van der Waals surface area contributed by atoms with Crippen molar-refractivity contribution in [1.29, 1.82) is 0 Å². The normalized spacial score (nSPS) is 15.2. The zero-order chi connectivity index (χ0) is 18.9. The van der Waals surface area contributed by atoms with Gasteiger partial charge in [-0.3, -0.25) is 0 Å². The van der Waals surface area contributed by atoms with Crippen LogP contribution in [0.2, 0.25) is 0 Å². The second kappa shape index (κ2) is 10.2. The van der Waals surface area contributed by atoms with Crippen molar-refractivity contribution in [2.24, 2.45) is 0 Å². The lowest BCUT2D eigenvalue weighted by Crippen LogP contribution is -2.42. The molecule has 1 saturated heterocycles. The van der Waals surface area contributed by atoms with E-state index in [4.69, 9.17) is 4.74 Å². The second-order valence-corrected chi connectivity index (χ2v) is 6.91. The topological polar surface area (TPSA) is 82.6 Å². The molecule has 1 aliphatic rings. The summed E-state index contributed by atoms with van der Waals surface area (Å²) >= 11 is 0. The number of nitrogens with one attached hydrogen (secondary N) is 2. The van der Waals surface area contributed by atoms with Crippen LogP contribution in [-0.4, -0.2) is 78.8 Å². The Morgan fingerprint density at radius 3 is 2.73 bits per heavy atom. The summed E-state index contributed by atoms with van der Waals surface area (Å²) in [6, 6.07) is 2.23. The number of anilines is 2. The van der Waals surface area contributed by atoms with E-state index in [1.807, 2.05) is 19.9 Å². The van der Waals surface area contributed by atoms with Gasteiger partial charge in [-0.15, -0.1) is 0 Å². The van der Waals surface area contributed by atoms with E-state index in [2.05, 4.69) is 39.6 Å². The number of piperidine rings is 1. The molecular weight excluding hydrogens is 332 g/mol. The fourth-order valence-electron chi connectivity index (χ4n) is 2.94. The summed E-state index contributed by atoms with van der Waals surface area (Å²) in [5, 5.41) is 6.78. The Labute approximate surface area is 156 Å². The summed E-state index contributed by atoms with van der Waals surface area (Å²) in [5.74, 6) is 1.50. The van der Waals surface area contributed by atoms with Gasteiger partial charge in [0.25, 0.3) is 0 Å². The van der Waals surface area contributed by atoms with Gasteiger partial charge in [0.05, 0.1) is 6.61 Å². The van der Waals surface area contributed by atoms with Gasteiger partial charge in [0.2, 0.25) is 5.95 Å². The molecule has 146 valence electrons. The number of amides is 1. The summed E-state index contributed by atoms with van der Waals surface area (Å²) in [6.07, 6.45) is 2.57. The molecule has 0 aromatic carbocycles. The highest BCUT2D eigenvalue weighted by Gasteiger charge is 2.24. The number of aromatic nitrogens is 2. The van der Waals surface area contributed by atoms with Crippen molar-refractivity contribution in [3.05, 3.63) is 11.8 Å². The zero-order valence-corrected chi connectivity index (χ0v) is 16.4. The largest absolute Gasteiger partial charge is 0.450 e. The standard InChI is InChI=1S/C18H32N6O2/c1-5-26-18(25)24-11-7-15(8-12-24)21-17-20-14(2)13-16(22-17)19-9-6-10-23(3)4/h13,15H,5-12H2,1-4H3,(H2,19,20,21,22). The highest BCUT2D eigenvalue weighted by Crippen LogP contribution is 2.17. The number of aryl methyl sites for hydroxylation is 1. The van der Waals surface area contributed by atoms with Gasteiger partial charge in [0, 0.05) is 37.4 Å². The van der Waals surface area contributed by atoms with E-state index in [-0.39, 0.29) is 12.1 Å². The first-order chi connectivity index (χ1) is 12.5. The first kappa shape index (κ1) is 20.2. The van der Waals surface area contributed by atoms with Crippen LogP contribution < -0.4 is 10.6 Å². The molecule has 2 heterocycles. The van der Waals surface area contributed by atoms with Gasteiger partial charge >= 0.3 is 6.09 Å². The molecule has 0 atom stereocenters. The Bertz CT molecular complexity index is 573. The number of nitrogens with zero attached hydrogens (tertiary/aromatic N) is 4. The Hall–Kier alpha value is -2.09. The second-order valence-electron chi connectivity index (χ2n) is 6.91. The average Bonchev–Trinajstić information content (AvgIpc) is 2.59. The number of hydrogen-bond donors (Lipinski definition) is 2. The van der Waals surface area contributed by atoms with Crippen molar-refractivity contribution >= 4 is 17.9 Å². The Morgan fingerprint density at radius 2 is 2.08 bits per heavy atom. The molecule has 26 heavy (non-hydrogen) atoms. The van der Waals surface area contributed by atoms with Gasteiger partial charge in [0.1, 0.15) is 5.82 Å². The van der Waals surface area contributed by atoms with Gasteiger partial charge in [0.15, 0.2) is 0 Å². The molecule has 1 aliphatic heterocycles. The quantitative estimate of drug-likeness (QED) is 0.684. The minimum atomic E-state index is -0.220. The van der Waals surface area contributed by atoms with E-state index in [1.165, 1.54) is 0 Å². The Morgan fingerprint density at radius 1 is 1.35 bits per heavy atom. The van der Waals surface area contributed by atoms with Crippen LogP contribution in [0.3, 0.4) is 0 Å². The lowest BCUT2D eigenvalue weighted by atomic mass is 10.1. The Kier molecular flexibility index (Phi) is 7.90. The molecular formula is C18H32N6O2. The van der Waals surface area contributed by atoms with E-state index >= 15 is 0 Å². The summed E-state index contributed by atoms with van der Waals surface area (Å²) in [7, 11) is 4.15. The number of carbonyl (C=O) groups excluding carboxylic acids is 1. The van der Waals surface area contributed by atoms with Crippen LogP contribution in [0.1, 0.15) is 31.9 Å². The van der Waals surface area contributed by atoms with E-state index in [9.17, 15) is 4.79 Å². The lowest BCUT2D eigenvalue weighted by Gasteiger charge is -2.31. The fraction of sp³-hybridized carbons (Fsp3) is 0.722. The van der Waals surface area contributed by atoms with Crippen molar-refractivity contribution in [1.82, 2.24) is 19.8 Å². The van der Waals surface area contributed by atoms with Crippen molar-refractivity contribution < 1.29 is 9.53 Å². The predicted octanol–water partition coefficient (Wildman–Crippen LogP) is 2.18. The SMILES string of the molecule is CCOC(=O)N1CCC(Nc2nc(C)cc(NCCCN(C)C)n2)CC1. The third kappa shape index (κ3) is 6.67. The number of ether oxygens (including phenoxy) is 1. The van der Waals surface area contributed by atoms with Crippen LogP contribution in [0.25, 0.3) is 0 Å².